The average molecular weight is 230 g/mol. The summed E-state index contributed by atoms with van der Waals surface area (Å²) < 4.78 is 0. The van der Waals surface area contributed by atoms with E-state index in [1.54, 1.807) is 6.92 Å². The summed E-state index contributed by atoms with van der Waals surface area (Å²) in [5.41, 5.74) is 0. The summed E-state index contributed by atoms with van der Waals surface area (Å²) in [4.78, 5) is 11.6. The molecule has 76 valence electrons. The van der Waals surface area contributed by atoms with Crippen molar-refractivity contribution in [3.05, 3.63) is 30.3 Å². The summed E-state index contributed by atoms with van der Waals surface area (Å²) in [6.45, 7) is 1.65. The van der Waals surface area contributed by atoms with Crippen LogP contribution in [-0.4, -0.2) is 16.6 Å². The van der Waals surface area contributed by atoms with Crippen LogP contribution in [0.15, 0.2) is 35.2 Å². The van der Waals surface area contributed by atoms with Gasteiger partial charge in [0, 0.05) is 10.3 Å². The number of carboxylic acids is 1. The number of halogens is 1. The van der Waals surface area contributed by atoms with Crippen molar-refractivity contribution >= 4 is 29.3 Å². The van der Waals surface area contributed by atoms with Gasteiger partial charge in [0.25, 0.3) is 0 Å². The molecule has 14 heavy (non-hydrogen) atoms. The Morgan fingerprint density at radius 2 is 2.00 bits per heavy atom. The second kappa shape index (κ2) is 5.27. The van der Waals surface area contributed by atoms with Crippen LogP contribution in [0.1, 0.15) is 6.92 Å². The standard InChI is InChI=1S/C10H11ClO2S/c1-7(11)9(10(12)13)14-8-5-3-2-4-6-8/h2-7,9H,1H3,(H,12,13)/p-1/t7-,9+/m1/s1. The van der Waals surface area contributed by atoms with Crippen LogP contribution in [0.25, 0.3) is 0 Å². The fraction of sp³-hybridized carbons (Fsp3) is 0.300. The van der Waals surface area contributed by atoms with Gasteiger partial charge >= 0.3 is 0 Å². The van der Waals surface area contributed by atoms with Gasteiger partial charge in [0.15, 0.2) is 0 Å². The molecule has 1 rings (SSSR count). The van der Waals surface area contributed by atoms with Crippen LogP contribution in [0.5, 0.6) is 0 Å². The molecule has 0 fully saturated rings. The minimum atomic E-state index is -1.12. The molecule has 4 heteroatoms. The molecule has 2 atom stereocenters. The number of benzene rings is 1. The van der Waals surface area contributed by atoms with Crippen molar-refractivity contribution in [1.29, 1.82) is 0 Å². The molecular formula is C10H10ClO2S-. The maximum absolute atomic E-state index is 10.7. The number of carboxylic acid groups (broad SMARTS) is 1. The Hall–Kier alpha value is -0.670. The lowest BCUT2D eigenvalue weighted by Gasteiger charge is -2.19. The van der Waals surface area contributed by atoms with Crippen LogP contribution >= 0.6 is 23.4 Å². The largest absolute Gasteiger partial charge is 0.549 e. The van der Waals surface area contributed by atoms with E-state index in [1.807, 2.05) is 30.3 Å². The Bertz CT molecular complexity index is 300. The van der Waals surface area contributed by atoms with Gasteiger partial charge in [0.1, 0.15) is 0 Å². The molecule has 0 heterocycles. The number of carbonyl (C=O) groups excluding carboxylic acids is 1. The lowest BCUT2D eigenvalue weighted by Crippen LogP contribution is -2.38. The number of hydrogen-bond acceptors (Lipinski definition) is 3. The molecule has 0 aliphatic rings. The van der Waals surface area contributed by atoms with Gasteiger partial charge in [-0.3, -0.25) is 0 Å². The van der Waals surface area contributed by atoms with Crippen molar-refractivity contribution < 1.29 is 9.90 Å². The van der Waals surface area contributed by atoms with Crippen molar-refractivity contribution in [2.75, 3.05) is 0 Å². The SMILES string of the molecule is C[C@@H](Cl)[C@H](Sc1ccccc1)C(=O)[O-]. The van der Waals surface area contributed by atoms with Crippen molar-refractivity contribution in [3.63, 3.8) is 0 Å². The summed E-state index contributed by atoms with van der Waals surface area (Å²) in [5.74, 6) is -1.12. The highest BCUT2D eigenvalue weighted by Crippen LogP contribution is 2.26. The van der Waals surface area contributed by atoms with Crippen LogP contribution in [0.4, 0.5) is 0 Å². The van der Waals surface area contributed by atoms with Gasteiger partial charge in [0.2, 0.25) is 0 Å². The topological polar surface area (TPSA) is 40.1 Å². The summed E-state index contributed by atoms with van der Waals surface area (Å²) in [7, 11) is 0. The summed E-state index contributed by atoms with van der Waals surface area (Å²) in [6, 6.07) is 9.28. The quantitative estimate of drug-likeness (QED) is 0.581. The van der Waals surface area contributed by atoms with Gasteiger partial charge in [-0.05, 0) is 19.1 Å². The van der Waals surface area contributed by atoms with Crippen LogP contribution < -0.4 is 5.11 Å². The van der Waals surface area contributed by atoms with Crippen LogP contribution in [-0.2, 0) is 4.79 Å². The first-order valence-corrected chi connectivity index (χ1v) is 5.49. The summed E-state index contributed by atoms with van der Waals surface area (Å²) >= 11 is 6.96. The lowest BCUT2D eigenvalue weighted by atomic mass is 10.3. The first-order valence-electron chi connectivity index (χ1n) is 4.18. The van der Waals surface area contributed by atoms with Gasteiger partial charge < -0.3 is 9.90 Å². The average Bonchev–Trinajstić information content (AvgIpc) is 2.15. The van der Waals surface area contributed by atoms with E-state index in [2.05, 4.69) is 0 Å². The molecule has 0 radical (unpaired) electrons. The second-order valence-corrected chi connectivity index (χ2v) is 4.75. The van der Waals surface area contributed by atoms with Crippen molar-refractivity contribution in [2.45, 2.75) is 22.4 Å². The number of hydrogen-bond donors (Lipinski definition) is 0. The molecule has 0 amide bonds. The zero-order valence-electron chi connectivity index (χ0n) is 7.64. The fourth-order valence-electron chi connectivity index (χ4n) is 0.975. The van der Waals surface area contributed by atoms with E-state index in [0.29, 0.717) is 0 Å². The molecule has 1 aromatic carbocycles. The van der Waals surface area contributed by atoms with Gasteiger partial charge in [-0.25, -0.2) is 0 Å². The Labute approximate surface area is 92.3 Å². The first kappa shape index (κ1) is 11.4. The molecule has 0 aliphatic heterocycles. The smallest absolute Gasteiger partial charge is 0.0651 e. The second-order valence-electron chi connectivity index (χ2n) is 2.85. The molecule has 0 aromatic heterocycles. The van der Waals surface area contributed by atoms with Crippen molar-refractivity contribution in [3.8, 4) is 0 Å². The molecule has 0 bridgehead atoms. The van der Waals surface area contributed by atoms with E-state index in [4.69, 9.17) is 11.6 Å². The Morgan fingerprint density at radius 1 is 1.43 bits per heavy atom. The highest BCUT2D eigenvalue weighted by atomic mass is 35.5. The van der Waals surface area contributed by atoms with E-state index < -0.39 is 16.6 Å². The van der Waals surface area contributed by atoms with E-state index in [1.165, 1.54) is 11.8 Å². The normalized spacial score (nSPS) is 14.7. The highest BCUT2D eigenvalue weighted by Gasteiger charge is 2.17. The number of carbonyl (C=O) groups is 1. The number of aliphatic carboxylic acids is 1. The van der Waals surface area contributed by atoms with E-state index in [9.17, 15) is 9.90 Å². The Kier molecular flexibility index (Phi) is 4.29. The van der Waals surface area contributed by atoms with Gasteiger partial charge in [-0.15, -0.1) is 23.4 Å². The predicted octanol–water partition coefficient (Wildman–Crippen LogP) is 1.52. The molecule has 1 aromatic rings. The molecule has 0 spiro atoms. The lowest BCUT2D eigenvalue weighted by molar-refractivity contribution is -0.304. The monoisotopic (exact) mass is 229 g/mol. The molecule has 0 saturated heterocycles. The third-order valence-electron chi connectivity index (χ3n) is 1.66. The maximum atomic E-state index is 10.7. The minimum Gasteiger partial charge on any atom is -0.549 e. The molecular weight excluding hydrogens is 220 g/mol. The Balaban J connectivity index is 2.70. The number of rotatable bonds is 4. The number of alkyl halides is 1. The number of thioether (sulfide) groups is 1. The highest BCUT2D eigenvalue weighted by molar-refractivity contribution is 8.00. The van der Waals surface area contributed by atoms with Gasteiger partial charge in [0.05, 0.1) is 11.2 Å². The minimum absolute atomic E-state index is 0.454. The summed E-state index contributed by atoms with van der Waals surface area (Å²) in [5, 5.41) is 9.57. The van der Waals surface area contributed by atoms with Crippen LogP contribution in [0, 0.1) is 0 Å². The molecule has 0 unspecified atom stereocenters. The van der Waals surface area contributed by atoms with Gasteiger partial charge in [-0.2, -0.15) is 0 Å². The van der Waals surface area contributed by atoms with E-state index in [0.717, 1.165) is 4.90 Å². The zero-order valence-corrected chi connectivity index (χ0v) is 9.22. The van der Waals surface area contributed by atoms with Gasteiger partial charge in [-0.1, -0.05) is 18.2 Å². The van der Waals surface area contributed by atoms with E-state index in [-0.39, 0.29) is 0 Å². The molecule has 0 N–H and O–H groups in total. The van der Waals surface area contributed by atoms with Crippen LogP contribution in [0.3, 0.4) is 0 Å². The van der Waals surface area contributed by atoms with E-state index >= 15 is 0 Å². The third kappa shape index (κ3) is 3.24. The van der Waals surface area contributed by atoms with Crippen molar-refractivity contribution in [1.82, 2.24) is 0 Å². The predicted molar refractivity (Wildman–Crippen MR) is 56.4 cm³/mol. The fourth-order valence-corrected chi connectivity index (χ4v) is 2.12. The van der Waals surface area contributed by atoms with Crippen molar-refractivity contribution in [2.24, 2.45) is 0 Å². The third-order valence-corrected chi connectivity index (χ3v) is 3.46. The first-order chi connectivity index (χ1) is 6.61. The molecule has 2 nitrogen and oxygen atoms in total. The Morgan fingerprint density at radius 3 is 2.43 bits per heavy atom. The molecule has 0 aliphatic carbocycles. The van der Waals surface area contributed by atoms with Crippen LogP contribution in [0.2, 0.25) is 0 Å². The maximum Gasteiger partial charge on any atom is 0.0651 e. The summed E-state index contributed by atoms with van der Waals surface area (Å²) in [6.07, 6.45) is 0. The molecule has 0 saturated carbocycles. The zero-order chi connectivity index (χ0) is 10.6.